The van der Waals surface area contributed by atoms with E-state index < -0.39 is 0 Å². The molecule has 0 spiro atoms. The lowest BCUT2D eigenvalue weighted by atomic mass is 10.2. The molecule has 0 fully saturated rings. The Balaban J connectivity index is 2.00. The van der Waals surface area contributed by atoms with E-state index in [1.807, 2.05) is 19.1 Å². The maximum Gasteiger partial charge on any atom is 0.315 e. The monoisotopic (exact) mass is 296 g/mol. The van der Waals surface area contributed by atoms with Gasteiger partial charge in [-0.15, -0.1) is 0 Å². The largest absolute Gasteiger partial charge is 0.459 e. The molecule has 0 aliphatic carbocycles. The van der Waals surface area contributed by atoms with Crippen LogP contribution in [0.5, 0.6) is 0 Å². The van der Waals surface area contributed by atoms with Crippen molar-refractivity contribution in [3.8, 4) is 0 Å². The summed E-state index contributed by atoms with van der Waals surface area (Å²) >= 11 is 5.92. The molecule has 0 saturated heterocycles. The number of carbonyl (C=O) groups excluding carboxylic acids is 1. The Bertz CT molecular complexity index is 597. The van der Waals surface area contributed by atoms with Gasteiger partial charge in [0.15, 0.2) is 0 Å². The minimum Gasteiger partial charge on any atom is -0.459 e. The van der Waals surface area contributed by atoms with Gasteiger partial charge in [0.25, 0.3) is 0 Å². The normalized spacial score (nSPS) is 12.3. The number of benzene rings is 1. The minimum atomic E-state index is -0.288. The molecular formula is C14H17ClN2O3. The Morgan fingerprint density at radius 2 is 2.25 bits per heavy atom. The van der Waals surface area contributed by atoms with E-state index in [0.29, 0.717) is 23.7 Å². The topological polar surface area (TPSA) is 74.5 Å². The summed E-state index contributed by atoms with van der Waals surface area (Å²) < 4.78 is 5.67. The van der Waals surface area contributed by atoms with Crippen molar-refractivity contribution in [1.29, 1.82) is 0 Å². The number of amides is 2. The molecule has 108 valence electrons. The molecule has 1 atom stereocenters. The molecule has 0 saturated carbocycles. The molecule has 3 N–H and O–H groups in total. The first kappa shape index (κ1) is 14.7. The molecule has 0 bridgehead atoms. The van der Waals surface area contributed by atoms with Crippen LogP contribution in [0, 0.1) is 0 Å². The van der Waals surface area contributed by atoms with Gasteiger partial charge in [0.1, 0.15) is 11.3 Å². The number of aliphatic hydroxyl groups is 1. The zero-order valence-electron chi connectivity index (χ0n) is 11.1. The lowest BCUT2D eigenvalue weighted by molar-refractivity contribution is 0.234. The fourth-order valence-electron chi connectivity index (χ4n) is 1.85. The predicted molar refractivity (Wildman–Crippen MR) is 77.9 cm³/mol. The first-order valence-electron chi connectivity index (χ1n) is 6.44. The molecule has 1 aromatic carbocycles. The van der Waals surface area contributed by atoms with Crippen molar-refractivity contribution in [3.63, 3.8) is 0 Å². The van der Waals surface area contributed by atoms with E-state index in [-0.39, 0.29) is 18.7 Å². The summed E-state index contributed by atoms with van der Waals surface area (Å²) in [6.45, 7) is 2.33. The van der Waals surface area contributed by atoms with Gasteiger partial charge in [-0.05, 0) is 37.6 Å². The van der Waals surface area contributed by atoms with Crippen LogP contribution in [-0.4, -0.2) is 24.3 Å². The van der Waals surface area contributed by atoms with Crippen LogP contribution in [0.4, 0.5) is 4.79 Å². The lowest BCUT2D eigenvalue weighted by Gasteiger charge is -2.12. The quantitative estimate of drug-likeness (QED) is 0.743. The van der Waals surface area contributed by atoms with Crippen molar-refractivity contribution < 1.29 is 14.3 Å². The fourth-order valence-corrected chi connectivity index (χ4v) is 2.03. The number of urea groups is 1. The van der Waals surface area contributed by atoms with E-state index in [0.717, 1.165) is 11.0 Å². The van der Waals surface area contributed by atoms with Crippen molar-refractivity contribution in [2.45, 2.75) is 19.4 Å². The van der Waals surface area contributed by atoms with Crippen LogP contribution in [0.3, 0.4) is 0 Å². The van der Waals surface area contributed by atoms with E-state index in [2.05, 4.69) is 10.6 Å². The molecule has 0 radical (unpaired) electrons. The van der Waals surface area contributed by atoms with Crippen LogP contribution in [0.1, 0.15) is 25.1 Å². The van der Waals surface area contributed by atoms with Gasteiger partial charge in [-0.25, -0.2) is 4.79 Å². The molecule has 2 aromatic rings. The third-order valence-electron chi connectivity index (χ3n) is 2.89. The zero-order valence-corrected chi connectivity index (χ0v) is 11.9. The third-order valence-corrected chi connectivity index (χ3v) is 3.13. The second kappa shape index (κ2) is 6.63. The first-order chi connectivity index (χ1) is 9.60. The highest BCUT2D eigenvalue weighted by Gasteiger charge is 2.14. The Hall–Kier alpha value is -1.72. The Morgan fingerprint density at radius 3 is 3.00 bits per heavy atom. The fraction of sp³-hybridized carbons (Fsp3) is 0.357. The van der Waals surface area contributed by atoms with E-state index in [1.54, 1.807) is 12.1 Å². The second-order valence-electron chi connectivity index (χ2n) is 4.53. The van der Waals surface area contributed by atoms with Crippen molar-refractivity contribution in [2.75, 3.05) is 13.2 Å². The summed E-state index contributed by atoms with van der Waals surface area (Å²) in [7, 11) is 0. The van der Waals surface area contributed by atoms with Gasteiger partial charge in [0.05, 0.1) is 6.04 Å². The molecule has 5 nitrogen and oxygen atoms in total. The predicted octanol–water partition coefficient (Wildman–Crippen LogP) is 2.83. The van der Waals surface area contributed by atoms with Gasteiger partial charge in [0.2, 0.25) is 0 Å². The lowest BCUT2D eigenvalue weighted by Crippen LogP contribution is -2.37. The van der Waals surface area contributed by atoms with Gasteiger partial charge in [0, 0.05) is 23.6 Å². The number of furan rings is 1. The average molecular weight is 297 g/mol. The van der Waals surface area contributed by atoms with Crippen LogP contribution in [0.25, 0.3) is 11.0 Å². The van der Waals surface area contributed by atoms with Crippen molar-refractivity contribution in [3.05, 3.63) is 35.0 Å². The summed E-state index contributed by atoms with van der Waals surface area (Å²) in [5.41, 5.74) is 0.735. The van der Waals surface area contributed by atoms with Gasteiger partial charge in [-0.3, -0.25) is 0 Å². The summed E-state index contributed by atoms with van der Waals surface area (Å²) in [6.07, 6.45) is 0.533. The first-order valence-corrected chi connectivity index (χ1v) is 6.82. The number of hydrogen-bond acceptors (Lipinski definition) is 3. The van der Waals surface area contributed by atoms with Crippen LogP contribution >= 0.6 is 11.6 Å². The van der Waals surface area contributed by atoms with Crippen molar-refractivity contribution >= 4 is 28.6 Å². The van der Waals surface area contributed by atoms with Gasteiger partial charge >= 0.3 is 6.03 Å². The Kier molecular flexibility index (Phi) is 4.87. The highest BCUT2D eigenvalue weighted by atomic mass is 35.5. The van der Waals surface area contributed by atoms with Crippen LogP contribution in [-0.2, 0) is 0 Å². The van der Waals surface area contributed by atoms with Crippen molar-refractivity contribution in [1.82, 2.24) is 10.6 Å². The molecule has 0 aliphatic rings. The summed E-state index contributed by atoms with van der Waals surface area (Å²) in [6, 6.07) is 6.70. The summed E-state index contributed by atoms with van der Waals surface area (Å²) in [4.78, 5) is 11.6. The smallest absolute Gasteiger partial charge is 0.315 e. The molecule has 2 amide bonds. The number of hydrogen-bond donors (Lipinski definition) is 3. The minimum absolute atomic E-state index is 0.0557. The molecule has 2 rings (SSSR count). The highest BCUT2D eigenvalue weighted by Crippen LogP contribution is 2.26. The van der Waals surface area contributed by atoms with Gasteiger partial charge in [-0.2, -0.15) is 0 Å². The highest BCUT2D eigenvalue weighted by molar-refractivity contribution is 6.31. The van der Waals surface area contributed by atoms with Gasteiger partial charge < -0.3 is 20.2 Å². The SMILES string of the molecule is CC(NC(=O)NCCCO)c1cc2cc(Cl)ccc2o1. The van der Waals surface area contributed by atoms with E-state index in [4.69, 9.17) is 21.1 Å². The molecule has 6 heteroatoms. The molecule has 1 heterocycles. The van der Waals surface area contributed by atoms with E-state index in [9.17, 15) is 4.79 Å². The molecule has 0 aliphatic heterocycles. The second-order valence-corrected chi connectivity index (χ2v) is 4.97. The summed E-state index contributed by atoms with van der Waals surface area (Å²) in [5.74, 6) is 0.666. The Labute approximate surface area is 121 Å². The molecule has 1 unspecified atom stereocenters. The number of fused-ring (bicyclic) bond motifs is 1. The standard InChI is InChI=1S/C14H17ClN2O3/c1-9(17-14(19)16-5-2-6-18)13-8-10-7-11(15)3-4-12(10)20-13/h3-4,7-9,18H,2,5-6H2,1H3,(H2,16,17,19). The number of halogens is 1. The molecular weight excluding hydrogens is 280 g/mol. The van der Waals surface area contributed by atoms with E-state index in [1.165, 1.54) is 0 Å². The maximum atomic E-state index is 11.6. The third kappa shape index (κ3) is 3.65. The molecule has 20 heavy (non-hydrogen) atoms. The van der Waals surface area contributed by atoms with Gasteiger partial charge in [-0.1, -0.05) is 11.6 Å². The average Bonchev–Trinajstić information content (AvgIpc) is 2.82. The summed E-state index contributed by atoms with van der Waals surface area (Å²) in [5, 5.41) is 15.6. The maximum absolute atomic E-state index is 11.6. The Morgan fingerprint density at radius 1 is 1.45 bits per heavy atom. The van der Waals surface area contributed by atoms with E-state index >= 15 is 0 Å². The number of nitrogens with one attached hydrogen (secondary N) is 2. The zero-order chi connectivity index (χ0) is 14.5. The molecule has 1 aromatic heterocycles. The number of aliphatic hydroxyl groups excluding tert-OH is 1. The van der Waals surface area contributed by atoms with Crippen LogP contribution < -0.4 is 10.6 Å². The van der Waals surface area contributed by atoms with Crippen LogP contribution in [0.15, 0.2) is 28.7 Å². The number of rotatable bonds is 5. The van der Waals surface area contributed by atoms with Crippen molar-refractivity contribution in [2.24, 2.45) is 0 Å². The number of carbonyl (C=O) groups is 1. The van der Waals surface area contributed by atoms with Crippen LogP contribution in [0.2, 0.25) is 5.02 Å².